The molecule has 0 aliphatic carbocycles. The number of hydrogen-bond acceptors (Lipinski definition) is 3. The van der Waals surface area contributed by atoms with Gasteiger partial charge in [-0.25, -0.2) is 0 Å². The summed E-state index contributed by atoms with van der Waals surface area (Å²) in [5.41, 5.74) is 1.11. The second-order valence-electron chi connectivity index (χ2n) is 5.41. The van der Waals surface area contributed by atoms with E-state index in [9.17, 15) is 8.78 Å². The number of hydrogen-bond donors (Lipinski definition) is 1. The van der Waals surface area contributed by atoms with E-state index in [1.807, 2.05) is 12.1 Å². The zero-order valence-electron chi connectivity index (χ0n) is 12.2. The van der Waals surface area contributed by atoms with E-state index in [0.717, 1.165) is 37.7 Å². The van der Waals surface area contributed by atoms with Crippen molar-refractivity contribution < 1.29 is 13.5 Å². The second-order valence-corrected chi connectivity index (χ2v) is 5.41. The van der Waals surface area contributed by atoms with E-state index in [2.05, 4.69) is 22.0 Å². The molecule has 1 aromatic rings. The molecule has 21 heavy (non-hydrogen) atoms. The first kappa shape index (κ1) is 18.1. The zero-order valence-corrected chi connectivity index (χ0v) is 13.0. The Morgan fingerprint density at radius 2 is 1.86 bits per heavy atom. The molecule has 0 unspecified atom stereocenters. The maximum atomic E-state index is 12.1. The third kappa shape index (κ3) is 6.59. The Labute approximate surface area is 131 Å². The summed E-state index contributed by atoms with van der Waals surface area (Å²) in [6.45, 7) is 1.37. The van der Waals surface area contributed by atoms with Gasteiger partial charge in [-0.1, -0.05) is 12.1 Å². The fourth-order valence-corrected chi connectivity index (χ4v) is 2.66. The van der Waals surface area contributed by atoms with Crippen molar-refractivity contribution in [1.82, 2.24) is 10.2 Å². The summed E-state index contributed by atoms with van der Waals surface area (Å²) in [5, 5.41) is 3.37. The van der Waals surface area contributed by atoms with Crippen molar-refractivity contribution in [2.75, 3.05) is 26.7 Å². The molecular formula is C15H23ClF2N2O. The lowest BCUT2D eigenvalue weighted by atomic mass is 9.97. The molecule has 6 heteroatoms. The van der Waals surface area contributed by atoms with Crippen molar-refractivity contribution in [1.29, 1.82) is 0 Å². The van der Waals surface area contributed by atoms with Gasteiger partial charge in [-0.05, 0) is 56.6 Å². The van der Waals surface area contributed by atoms with Gasteiger partial charge in [0.15, 0.2) is 0 Å². The first-order valence-electron chi connectivity index (χ1n) is 7.06. The van der Waals surface area contributed by atoms with Crippen LogP contribution in [0.15, 0.2) is 24.3 Å². The number of nitrogens with zero attached hydrogens (tertiary/aromatic N) is 1. The molecule has 1 saturated heterocycles. The van der Waals surface area contributed by atoms with Crippen LogP contribution in [0.25, 0.3) is 0 Å². The topological polar surface area (TPSA) is 24.5 Å². The Morgan fingerprint density at radius 1 is 1.24 bits per heavy atom. The number of alkyl halides is 2. The number of nitrogens with one attached hydrogen (secondary N) is 1. The summed E-state index contributed by atoms with van der Waals surface area (Å²) >= 11 is 0. The van der Waals surface area contributed by atoms with Crippen molar-refractivity contribution in [3.8, 4) is 5.75 Å². The third-order valence-corrected chi connectivity index (χ3v) is 3.63. The first-order valence-corrected chi connectivity index (χ1v) is 7.06. The smallest absolute Gasteiger partial charge is 0.387 e. The summed E-state index contributed by atoms with van der Waals surface area (Å²) in [4.78, 5) is 2.29. The summed E-state index contributed by atoms with van der Waals surface area (Å²) in [5.74, 6) is 0.965. The minimum absolute atomic E-state index is 0. The molecule has 1 fully saturated rings. The number of halogens is 3. The lowest BCUT2D eigenvalue weighted by Crippen LogP contribution is -2.34. The van der Waals surface area contributed by atoms with E-state index in [0.29, 0.717) is 0 Å². The monoisotopic (exact) mass is 320 g/mol. The van der Waals surface area contributed by atoms with Crippen molar-refractivity contribution >= 4 is 12.4 Å². The molecule has 0 spiro atoms. The van der Waals surface area contributed by atoms with Crippen LogP contribution in [-0.2, 0) is 6.54 Å². The van der Waals surface area contributed by atoms with Gasteiger partial charge in [0.2, 0.25) is 0 Å². The molecule has 1 N–H and O–H groups in total. The van der Waals surface area contributed by atoms with Crippen molar-refractivity contribution in [3.63, 3.8) is 0 Å². The van der Waals surface area contributed by atoms with Crippen LogP contribution in [0.4, 0.5) is 8.78 Å². The predicted molar refractivity (Wildman–Crippen MR) is 82.2 cm³/mol. The Morgan fingerprint density at radius 3 is 2.43 bits per heavy atom. The lowest BCUT2D eigenvalue weighted by Gasteiger charge is -2.27. The van der Waals surface area contributed by atoms with Gasteiger partial charge in [-0.2, -0.15) is 8.78 Å². The Hall–Kier alpha value is -0.910. The Kier molecular flexibility index (Phi) is 7.93. The van der Waals surface area contributed by atoms with Gasteiger partial charge in [-0.3, -0.25) is 0 Å². The largest absolute Gasteiger partial charge is 0.435 e. The number of benzene rings is 1. The highest BCUT2D eigenvalue weighted by atomic mass is 35.5. The van der Waals surface area contributed by atoms with E-state index >= 15 is 0 Å². The molecule has 0 saturated carbocycles. The van der Waals surface area contributed by atoms with E-state index < -0.39 is 6.61 Å². The van der Waals surface area contributed by atoms with Gasteiger partial charge in [0.1, 0.15) is 5.75 Å². The molecule has 0 aromatic heterocycles. The van der Waals surface area contributed by atoms with Gasteiger partial charge in [0.05, 0.1) is 0 Å². The average Bonchev–Trinajstić information content (AvgIpc) is 2.41. The van der Waals surface area contributed by atoms with Gasteiger partial charge < -0.3 is 15.0 Å². The van der Waals surface area contributed by atoms with Crippen LogP contribution >= 0.6 is 12.4 Å². The molecular weight excluding hydrogens is 298 g/mol. The molecule has 1 aliphatic heterocycles. The van der Waals surface area contributed by atoms with Gasteiger partial charge in [-0.15, -0.1) is 12.4 Å². The van der Waals surface area contributed by atoms with Gasteiger partial charge in [0, 0.05) is 13.1 Å². The molecule has 1 aliphatic rings. The van der Waals surface area contributed by atoms with Crippen molar-refractivity contribution in [3.05, 3.63) is 29.8 Å². The highest BCUT2D eigenvalue weighted by molar-refractivity contribution is 5.85. The summed E-state index contributed by atoms with van der Waals surface area (Å²) in [6, 6.07) is 6.88. The fraction of sp³-hybridized carbons (Fsp3) is 0.600. The molecule has 120 valence electrons. The molecule has 0 radical (unpaired) electrons. The molecule has 2 rings (SSSR count). The van der Waals surface area contributed by atoms with Crippen LogP contribution in [0.3, 0.4) is 0 Å². The normalized spacial score (nSPS) is 16.0. The van der Waals surface area contributed by atoms with Crippen LogP contribution in [-0.4, -0.2) is 38.2 Å². The molecule has 0 bridgehead atoms. The van der Waals surface area contributed by atoms with E-state index in [1.165, 1.54) is 12.8 Å². The van der Waals surface area contributed by atoms with Crippen LogP contribution < -0.4 is 10.1 Å². The molecule has 1 heterocycles. The number of rotatable bonds is 6. The molecule has 0 amide bonds. The highest BCUT2D eigenvalue weighted by Crippen LogP contribution is 2.17. The van der Waals surface area contributed by atoms with Crippen molar-refractivity contribution in [2.45, 2.75) is 26.0 Å². The maximum Gasteiger partial charge on any atom is 0.387 e. The third-order valence-electron chi connectivity index (χ3n) is 3.63. The highest BCUT2D eigenvalue weighted by Gasteiger charge is 2.15. The number of ether oxygens (including phenoxy) is 1. The molecule has 0 atom stereocenters. The molecule has 1 aromatic carbocycles. The quantitative estimate of drug-likeness (QED) is 0.871. The Bertz CT molecular complexity index is 397. The van der Waals surface area contributed by atoms with Crippen LogP contribution in [0.2, 0.25) is 0 Å². The van der Waals surface area contributed by atoms with Crippen LogP contribution in [0.5, 0.6) is 5.75 Å². The predicted octanol–water partition coefficient (Wildman–Crippen LogP) is 3.14. The minimum Gasteiger partial charge on any atom is -0.435 e. The minimum atomic E-state index is -2.76. The zero-order chi connectivity index (χ0) is 14.4. The summed E-state index contributed by atoms with van der Waals surface area (Å²) < 4.78 is 28.5. The standard InChI is InChI=1S/C15H22F2N2O.ClH/c1-19(11-13-6-8-18-9-7-13)10-12-2-4-14(5-3-12)20-15(16)17;/h2-5,13,15,18H,6-11H2,1H3;1H. The SMILES string of the molecule is CN(Cc1ccc(OC(F)F)cc1)CC1CCNCC1.Cl. The van der Waals surface area contributed by atoms with Crippen LogP contribution in [0.1, 0.15) is 18.4 Å². The lowest BCUT2D eigenvalue weighted by molar-refractivity contribution is -0.0498. The van der Waals surface area contributed by atoms with Gasteiger partial charge in [0.25, 0.3) is 0 Å². The van der Waals surface area contributed by atoms with Gasteiger partial charge >= 0.3 is 6.61 Å². The Balaban J connectivity index is 0.00000220. The summed E-state index contributed by atoms with van der Waals surface area (Å²) in [6.07, 6.45) is 2.46. The molecule has 3 nitrogen and oxygen atoms in total. The fourth-order valence-electron chi connectivity index (χ4n) is 2.66. The van der Waals surface area contributed by atoms with E-state index in [4.69, 9.17) is 0 Å². The van der Waals surface area contributed by atoms with Crippen molar-refractivity contribution in [2.24, 2.45) is 5.92 Å². The maximum absolute atomic E-state index is 12.1. The first-order chi connectivity index (χ1) is 9.63. The van der Waals surface area contributed by atoms with E-state index in [1.54, 1.807) is 12.1 Å². The van der Waals surface area contributed by atoms with Crippen LogP contribution in [0, 0.1) is 5.92 Å². The van der Waals surface area contributed by atoms with E-state index in [-0.39, 0.29) is 18.2 Å². The average molecular weight is 321 g/mol. The summed E-state index contributed by atoms with van der Waals surface area (Å²) in [7, 11) is 2.10. The number of piperidine rings is 1. The second kappa shape index (κ2) is 9.18.